The van der Waals surface area contributed by atoms with Crippen LogP contribution in [0.2, 0.25) is 0 Å². The number of halogens is 2. The molecule has 0 aromatic heterocycles. The van der Waals surface area contributed by atoms with Gasteiger partial charge in [0.05, 0.1) is 19.6 Å². The molecular formula is C20H20F2N2O3. The quantitative estimate of drug-likeness (QED) is 0.818. The average Bonchev–Trinajstić information content (AvgIpc) is 2.64. The second kappa shape index (κ2) is 7.44. The smallest absolute Gasteiger partial charge is 0.325 e. The lowest BCUT2D eigenvalue weighted by molar-refractivity contribution is -0.108. The maximum atomic E-state index is 13.2. The third kappa shape index (κ3) is 4.31. The van der Waals surface area contributed by atoms with Crippen LogP contribution in [0.15, 0.2) is 48.5 Å². The van der Waals surface area contributed by atoms with Gasteiger partial charge in [0.25, 0.3) is 5.92 Å². The minimum Gasteiger partial charge on any atom is -0.388 e. The van der Waals surface area contributed by atoms with Crippen LogP contribution in [0.1, 0.15) is 21.5 Å². The van der Waals surface area contributed by atoms with E-state index in [0.29, 0.717) is 11.3 Å². The first-order chi connectivity index (χ1) is 12.8. The van der Waals surface area contributed by atoms with Gasteiger partial charge in [-0.15, -0.1) is 0 Å². The monoisotopic (exact) mass is 374 g/mol. The molecular weight excluding hydrogens is 354 g/mol. The van der Waals surface area contributed by atoms with Crippen LogP contribution in [0.3, 0.4) is 0 Å². The number of benzene rings is 2. The van der Waals surface area contributed by atoms with Crippen LogP contribution in [0, 0.1) is 6.92 Å². The van der Waals surface area contributed by atoms with Crippen LogP contribution in [0.4, 0.5) is 19.3 Å². The number of nitrogens with zero attached hydrogens (tertiary/aromatic N) is 2. The van der Waals surface area contributed by atoms with Crippen molar-refractivity contribution in [2.75, 3.05) is 24.6 Å². The largest absolute Gasteiger partial charge is 0.388 e. The number of hydrogen-bond donors (Lipinski definition) is 1. The van der Waals surface area contributed by atoms with E-state index in [4.69, 9.17) is 5.11 Å². The summed E-state index contributed by atoms with van der Waals surface area (Å²) in [6.07, 6.45) is 0. The molecule has 27 heavy (non-hydrogen) atoms. The molecule has 2 aromatic carbocycles. The molecule has 0 saturated carbocycles. The third-order valence-electron chi connectivity index (χ3n) is 4.45. The Labute approximate surface area is 155 Å². The van der Waals surface area contributed by atoms with E-state index in [1.807, 2.05) is 19.1 Å². The molecule has 0 aliphatic carbocycles. The van der Waals surface area contributed by atoms with Crippen molar-refractivity contribution in [2.24, 2.45) is 0 Å². The number of ketones is 1. The molecule has 1 fully saturated rings. The van der Waals surface area contributed by atoms with Crippen LogP contribution in [0.5, 0.6) is 0 Å². The zero-order valence-corrected chi connectivity index (χ0v) is 14.9. The maximum Gasteiger partial charge on any atom is 0.325 e. The lowest BCUT2D eigenvalue weighted by Gasteiger charge is -2.41. The first kappa shape index (κ1) is 19.0. The van der Waals surface area contributed by atoms with Gasteiger partial charge in [-0.1, -0.05) is 42.0 Å². The number of amides is 2. The van der Waals surface area contributed by atoms with E-state index in [1.165, 1.54) is 4.90 Å². The number of hydrogen-bond acceptors (Lipinski definition) is 3. The van der Waals surface area contributed by atoms with Crippen LogP contribution < -0.4 is 4.90 Å². The van der Waals surface area contributed by atoms with Crippen molar-refractivity contribution in [3.63, 3.8) is 0 Å². The third-order valence-corrected chi connectivity index (χ3v) is 4.45. The molecule has 1 aliphatic rings. The molecule has 142 valence electrons. The minimum absolute atomic E-state index is 0.178. The zero-order valence-electron chi connectivity index (χ0n) is 14.9. The second-order valence-electron chi connectivity index (χ2n) is 6.69. The number of aryl methyl sites for hydroxylation is 1. The van der Waals surface area contributed by atoms with Crippen molar-refractivity contribution in [1.82, 2.24) is 4.90 Å². The number of anilines is 1. The number of likely N-dealkylation sites (tertiary alicyclic amines) is 1. The Bertz CT molecular complexity index is 827. The lowest BCUT2D eigenvalue weighted by Crippen LogP contribution is -2.61. The van der Waals surface area contributed by atoms with Crippen LogP contribution in [-0.2, 0) is 6.54 Å². The Kier molecular flexibility index (Phi) is 5.23. The summed E-state index contributed by atoms with van der Waals surface area (Å²) in [6, 6.07) is 13.3. The summed E-state index contributed by atoms with van der Waals surface area (Å²) in [5.74, 6) is -3.23. The Balaban J connectivity index is 1.82. The van der Waals surface area contributed by atoms with Crippen molar-refractivity contribution >= 4 is 17.5 Å². The summed E-state index contributed by atoms with van der Waals surface area (Å²) in [7, 11) is 0. The van der Waals surface area contributed by atoms with E-state index >= 15 is 0 Å². The molecule has 0 atom stereocenters. The fourth-order valence-electron chi connectivity index (χ4n) is 2.88. The molecule has 2 aromatic rings. The molecule has 5 nitrogen and oxygen atoms in total. The van der Waals surface area contributed by atoms with E-state index < -0.39 is 37.4 Å². The molecule has 1 saturated heterocycles. The molecule has 1 N–H and O–H groups in total. The van der Waals surface area contributed by atoms with Gasteiger partial charge in [0, 0.05) is 11.3 Å². The highest BCUT2D eigenvalue weighted by Crippen LogP contribution is 2.29. The molecule has 3 rings (SSSR count). The van der Waals surface area contributed by atoms with E-state index in [0.717, 1.165) is 16.0 Å². The van der Waals surface area contributed by atoms with Crippen molar-refractivity contribution in [2.45, 2.75) is 19.4 Å². The fraction of sp³-hybridized carbons (Fsp3) is 0.300. The highest BCUT2D eigenvalue weighted by atomic mass is 19.3. The summed E-state index contributed by atoms with van der Waals surface area (Å²) in [6.45, 7) is 0.354. The van der Waals surface area contributed by atoms with Crippen molar-refractivity contribution in [3.05, 3.63) is 65.2 Å². The van der Waals surface area contributed by atoms with E-state index in [-0.39, 0.29) is 6.54 Å². The maximum absolute atomic E-state index is 13.2. The van der Waals surface area contributed by atoms with Gasteiger partial charge in [-0.25, -0.2) is 13.6 Å². The molecule has 0 radical (unpaired) electrons. The molecule has 1 aliphatic heterocycles. The number of urea groups is 1. The van der Waals surface area contributed by atoms with Gasteiger partial charge in [0.15, 0.2) is 5.78 Å². The number of rotatable bonds is 5. The molecule has 0 unspecified atom stereocenters. The molecule has 0 bridgehead atoms. The summed E-state index contributed by atoms with van der Waals surface area (Å²) >= 11 is 0. The Morgan fingerprint density at radius 3 is 2.19 bits per heavy atom. The van der Waals surface area contributed by atoms with Gasteiger partial charge in [0.2, 0.25) is 0 Å². The first-order valence-electron chi connectivity index (χ1n) is 8.53. The van der Waals surface area contributed by atoms with Gasteiger partial charge < -0.3 is 10.0 Å². The summed E-state index contributed by atoms with van der Waals surface area (Å²) < 4.78 is 26.4. The average molecular weight is 374 g/mol. The van der Waals surface area contributed by atoms with E-state index in [2.05, 4.69) is 0 Å². The van der Waals surface area contributed by atoms with Gasteiger partial charge in [0.1, 0.15) is 6.61 Å². The molecule has 0 spiro atoms. The highest BCUT2D eigenvalue weighted by molar-refractivity contribution is 5.97. The Morgan fingerprint density at radius 2 is 1.67 bits per heavy atom. The summed E-state index contributed by atoms with van der Waals surface area (Å²) in [5.41, 5.74) is 2.74. The van der Waals surface area contributed by atoms with Crippen molar-refractivity contribution < 1.29 is 23.5 Å². The lowest BCUT2D eigenvalue weighted by atomic mass is 10.1. The van der Waals surface area contributed by atoms with Crippen LogP contribution in [-0.4, -0.2) is 47.4 Å². The molecule has 1 heterocycles. The SMILES string of the molecule is Cc1ccc(N(Cc2ccc(C(=O)CO)cc2)C(=O)N2CC(F)(F)C2)cc1. The van der Waals surface area contributed by atoms with Crippen molar-refractivity contribution in [1.29, 1.82) is 0 Å². The minimum atomic E-state index is -2.83. The Morgan fingerprint density at radius 1 is 1.07 bits per heavy atom. The van der Waals surface area contributed by atoms with Gasteiger partial charge in [-0.3, -0.25) is 9.69 Å². The van der Waals surface area contributed by atoms with Crippen LogP contribution in [0.25, 0.3) is 0 Å². The predicted octanol–water partition coefficient (Wildman–Crippen LogP) is 3.25. The summed E-state index contributed by atoms with van der Waals surface area (Å²) in [4.78, 5) is 26.8. The predicted molar refractivity (Wildman–Crippen MR) is 97.1 cm³/mol. The van der Waals surface area contributed by atoms with Gasteiger partial charge in [-0.2, -0.15) is 0 Å². The fourth-order valence-corrected chi connectivity index (χ4v) is 2.88. The number of Topliss-reactive ketones (excluding diaryl/α,β-unsaturated/α-hetero) is 1. The van der Waals surface area contributed by atoms with Crippen LogP contribution >= 0.6 is 0 Å². The van der Waals surface area contributed by atoms with Crippen molar-refractivity contribution in [3.8, 4) is 0 Å². The first-order valence-corrected chi connectivity index (χ1v) is 8.53. The van der Waals surface area contributed by atoms with E-state index in [9.17, 15) is 18.4 Å². The second-order valence-corrected chi connectivity index (χ2v) is 6.69. The number of aliphatic hydroxyl groups is 1. The number of carbonyl (C=O) groups is 2. The number of alkyl halides is 2. The number of aliphatic hydroxyl groups excluding tert-OH is 1. The molecule has 2 amide bonds. The topological polar surface area (TPSA) is 60.9 Å². The zero-order chi connectivity index (χ0) is 19.6. The van der Waals surface area contributed by atoms with E-state index in [1.54, 1.807) is 36.4 Å². The standard InChI is InChI=1S/C20H20F2N2O3/c1-14-2-8-17(9-3-14)24(19(27)23-12-20(21,22)13-23)10-15-4-6-16(7-5-15)18(26)11-25/h2-9,25H,10-13H2,1H3. The normalized spacial score (nSPS) is 15.2. The summed E-state index contributed by atoms with van der Waals surface area (Å²) in [5, 5.41) is 8.91. The molecule has 7 heteroatoms. The highest BCUT2D eigenvalue weighted by Gasteiger charge is 2.47. The van der Waals surface area contributed by atoms with Gasteiger partial charge in [-0.05, 0) is 24.6 Å². The number of carbonyl (C=O) groups excluding carboxylic acids is 2. The Hall–Kier alpha value is -2.80. The van der Waals surface area contributed by atoms with Gasteiger partial charge >= 0.3 is 6.03 Å².